The van der Waals surface area contributed by atoms with Gasteiger partial charge in [0.1, 0.15) is 0 Å². The summed E-state index contributed by atoms with van der Waals surface area (Å²) in [6, 6.07) is 4.25. The minimum absolute atomic E-state index is 0.430. The Morgan fingerprint density at radius 1 is 0.214 bits per heavy atom. The predicted octanol–water partition coefficient (Wildman–Crippen LogP) is 1.91. The lowest BCUT2D eigenvalue weighted by atomic mass is 9.99. The lowest BCUT2D eigenvalue weighted by Crippen LogP contribution is -2.15. The molecule has 1 aromatic carbocycles. The molecule has 0 saturated carbocycles. The van der Waals surface area contributed by atoms with Crippen LogP contribution in [0.4, 0.5) is 0 Å². The Morgan fingerprint density at radius 2 is 0.357 bits per heavy atom. The van der Waals surface area contributed by atoms with Gasteiger partial charge < -0.3 is 56.8 Å². The zero-order valence-corrected chi connectivity index (χ0v) is 25.0. The molecule has 0 aliphatic carbocycles. The average Bonchev–Trinajstić information content (AvgIpc) is 2.99. The Morgan fingerprint density at radius 3 is 0.524 bits per heavy atom. The first-order valence-electron chi connectivity index (χ1n) is 15.0. The molecule has 0 N–H and O–H groups in total. The number of fused-ring (bicyclic) bond motifs is 2. The summed E-state index contributed by atoms with van der Waals surface area (Å²) in [6.45, 7) is 11.8. The second kappa shape index (κ2) is 25.1. The van der Waals surface area contributed by atoms with Crippen molar-refractivity contribution < 1.29 is 56.8 Å². The number of rotatable bonds is 0. The molecular formula is C30H50O12. The molecule has 0 unspecified atom stereocenters. The van der Waals surface area contributed by atoms with Crippen LogP contribution in [0.3, 0.4) is 0 Å². The monoisotopic (exact) mass is 602 g/mol. The van der Waals surface area contributed by atoms with E-state index in [-0.39, 0.29) is 0 Å². The molecule has 2 heterocycles. The number of hydrogen-bond donors (Lipinski definition) is 0. The number of hydrogen-bond acceptors (Lipinski definition) is 12. The Bertz CT molecular complexity index is 659. The van der Waals surface area contributed by atoms with Crippen molar-refractivity contribution in [3.05, 3.63) is 34.4 Å². The third kappa shape index (κ3) is 17.1. The Labute approximate surface area is 250 Å². The summed E-state index contributed by atoms with van der Waals surface area (Å²) in [7, 11) is 0. The van der Waals surface area contributed by atoms with E-state index in [2.05, 4.69) is 12.1 Å². The van der Waals surface area contributed by atoms with E-state index in [4.69, 9.17) is 56.8 Å². The van der Waals surface area contributed by atoms with Crippen molar-refractivity contribution >= 4 is 0 Å². The van der Waals surface area contributed by atoms with Gasteiger partial charge in [0.05, 0.1) is 159 Å². The maximum absolute atomic E-state index is 5.97. The summed E-state index contributed by atoms with van der Waals surface area (Å²) >= 11 is 0. The van der Waals surface area contributed by atoms with E-state index >= 15 is 0 Å². The van der Waals surface area contributed by atoms with Crippen LogP contribution in [-0.4, -0.2) is 132 Å². The van der Waals surface area contributed by atoms with Gasteiger partial charge in [-0.1, -0.05) is 12.1 Å². The fraction of sp³-hybridized carbons (Fsp3) is 0.800. The average molecular weight is 603 g/mol. The van der Waals surface area contributed by atoms with Gasteiger partial charge in [0.15, 0.2) is 0 Å². The molecule has 12 heteroatoms. The van der Waals surface area contributed by atoms with Gasteiger partial charge in [-0.2, -0.15) is 0 Å². The van der Waals surface area contributed by atoms with Crippen LogP contribution in [0.5, 0.6) is 0 Å². The quantitative estimate of drug-likeness (QED) is 0.433. The molecule has 0 spiro atoms. The highest BCUT2D eigenvalue weighted by Gasteiger charge is 2.12. The Hall–Kier alpha value is -1.26. The first-order chi connectivity index (χ1) is 20.9. The van der Waals surface area contributed by atoms with Gasteiger partial charge in [-0.25, -0.2) is 0 Å². The van der Waals surface area contributed by atoms with Gasteiger partial charge in [0, 0.05) is 0 Å². The van der Waals surface area contributed by atoms with Gasteiger partial charge in [0.2, 0.25) is 0 Å². The standard InChI is InChI=1S/C30H50O12/c1-2-32-6-10-36-14-18-40-24-28-22-30-26-42-20-16-38-12-8-34-4-3-33-7-11-37-15-19-41-25-29(30)21-27(28)23-39-17-13-35-9-5-31-1/h21-22H,1-20,23-26H2. The van der Waals surface area contributed by atoms with E-state index in [1.165, 1.54) is 0 Å². The van der Waals surface area contributed by atoms with Crippen molar-refractivity contribution in [3.8, 4) is 0 Å². The summed E-state index contributed by atoms with van der Waals surface area (Å²) in [6.07, 6.45) is 0. The number of ether oxygens (including phenoxy) is 12. The van der Waals surface area contributed by atoms with Gasteiger partial charge >= 0.3 is 0 Å². The highest BCUT2D eigenvalue weighted by Crippen LogP contribution is 2.22. The summed E-state index contributed by atoms with van der Waals surface area (Å²) in [5.74, 6) is 0. The fourth-order valence-electron chi connectivity index (χ4n) is 4.05. The molecule has 0 aromatic heterocycles. The molecule has 2 aliphatic rings. The van der Waals surface area contributed by atoms with Gasteiger partial charge in [-0.15, -0.1) is 0 Å². The maximum Gasteiger partial charge on any atom is 0.0721 e. The topological polar surface area (TPSA) is 111 Å². The van der Waals surface area contributed by atoms with Gasteiger partial charge in [-0.05, 0) is 22.3 Å². The van der Waals surface area contributed by atoms with Gasteiger partial charge in [0.25, 0.3) is 0 Å². The van der Waals surface area contributed by atoms with E-state index in [0.717, 1.165) is 22.3 Å². The molecule has 0 radical (unpaired) electrons. The molecule has 3 rings (SSSR count). The van der Waals surface area contributed by atoms with Gasteiger partial charge in [-0.3, -0.25) is 0 Å². The second-order valence-corrected chi connectivity index (χ2v) is 9.50. The largest absolute Gasteiger partial charge is 0.377 e. The molecule has 0 saturated heterocycles. The summed E-state index contributed by atoms with van der Waals surface area (Å²) in [4.78, 5) is 0. The fourth-order valence-corrected chi connectivity index (χ4v) is 4.05. The van der Waals surface area contributed by atoms with Crippen molar-refractivity contribution in [1.82, 2.24) is 0 Å². The predicted molar refractivity (Wildman–Crippen MR) is 152 cm³/mol. The van der Waals surface area contributed by atoms with Crippen molar-refractivity contribution in [2.24, 2.45) is 0 Å². The SMILES string of the molecule is c1c2c(cc3c1COCCOCCOCCOCCOCCOC3)COCCOCCOCCOCCOCCOC2. The Kier molecular flexibility index (Phi) is 21.1. The first-order valence-corrected chi connectivity index (χ1v) is 15.0. The summed E-state index contributed by atoms with van der Waals surface area (Å²) in [5.41, 5.74) is 4.15. The zero-order chi connectivity index (χ0) is 29.2. The van der Waals surface area contributed by atoms with Crippen LogP contribution in [0.2, 0.25) is 0 Å². The molecule has 0 amide bonds. The van der Waals surface area contributed by atoms with E-state index in [0.29, 0.717) is 159 Å². The molecule has 2 aliphatic heterocycles. The van der Waals surface area contributed by atoms with Crippen molar-refractivity contribution in [1.29, 1.82) is 0 Å². The van der Waals surface area contributed by atoms with Crippen LogP contribution in [0, 0.1) is 0 Å². The van der Waals surface area contributed by atoms with Crippen LogP contribution in [0.25, 0.3) is 0 Å². The smallest absolute Gasteiger partial charge is 0.0721 e. The van der Waals surface area contributed by atoms with Crippen LogP contribution >= 0.6 is 0 Å². The molecule has 242 valence electrons. The number of benzene rings is 1. The lowest BCUT2D eigenvalue weighted by molar-refractivity contribution is -0.0209. The zero-order valence-electron chi connectivity index (χ0n) is 25.0. The highest BCUT2D eigenvalue weighted by atomic mass is 16.6. The van der Waals surface area contributed by atoms with Crippen molar-refractivity contribution in [2.75, 3.05) is 132 Å². The lowest BCUT2D eigenvalue weighted by Gasteiger charge is -2.18. The normalized spacial score (nSPS) is 22.7. The van der Waals surface area contributed by atoms with Crippen molar-refractivity contribution in [2.45, 2.75) is 26.4 Å². The molecule has 12 nitrogen and oxygen atoms in total. The van der Waals surface area contributed by atoms with Crippen LogP contribution < -0.4 is 0 Å². The van der Waals surface area contributed by atoms with E-state index in [1.807, 2.05) is 0 Å². The molecule has 42 heavy (non-hydrogen) atoms. The van der Waals surface area contributed by atoms with Crippen molar-refractivity contribution in [3.63, 3.8) is 0 Å². The first kappa shape index (κ1) is 35.2. The minimum Gasteiger partial charge on any atom is -0.377 e. The highest BCUT2D eigenvalue weighted by molar-refractivity contribution is 5.38. The summed E-state index contributed by atoms with van der Waals surface area (Å²) < 4.78 is 68.4. The molecule has 0 fully saturated rings. The Balaban J connectivity index is 1.62. The van der Waals surface area contributed by atoms with Crippen LogP contribution in [0.1, 0.15) is 22.3 Å². The third-order valence-corrected chi connectivity index (χ3v) is 6.27. The third-order valence-electron chi connectivity index (χ3n) is 6.27. The molecule has 0 bridgehead atoms. The van der Waals surface area contributed by atoms with E-state index in [1.54, 1.807) is 0 Å². The van der Waals surface area contributed by atoms with E-state index < -0.39 is 0 Å². The van der Waals surface area contributed by atoms with E-state index in [9.17, 15) is 0 Å². The second-order valence-electron chi connectivity index (χ2n) is 9.50. The molecule has 0 atom stereocenters. The minimum atomic E-state index is 0.430. The molecular weight excluding hydrogens is 552 g/mol. The molecule has 1 aromatic rings. The maximum atomic E-state index is 5.97. The van der Waals surface area contributed by atoms with Crippen LogP contribution in [-0.2, 0) is 83.3 Å². The summed E-state index contributed by atoms with van der Waals surface area (Å²) in [5, 5.41) is 0. The van der Waals surface area contributed by atoms with Crippen LogP contribution in [0.15, 0.2) is 12.1 Å².